The molecule has 2 rings (SSSR count). The Kier molecular flexibility index (Phi) is 4.06. The smallest absolute Gasteiger partial charge is 0.237 e. The molecule has 1 saturated heterocycles. The van der Waals surface area contributed by atoms with Crippen molar-refractivity contribution in [1.82, 2.24) is 5.32 Å². The summed E-state index contributed by atoms with van der Waals surface area (Å²) in [6.07, 6.45) is 0.727. The Bertz CT molecular complexity index is 525. The lowest BCUT2D eigenvalue weighted by atomic mass is 9.90. The molecule has 1 aliphatic rings. The fraction of sp³-hybridized carbons (Fsp3) is 0.357. The molecular weight excluding hydrogens is 244 g/mol. The first-order valence-electron chi connectivity index (χ1n) is 6.24. The van der Waals surface area contributed by atoms with Gasteiger partial charge in [0.15, 0.2) is 0 Å². The number of nitrogens with one attached hydrogen (secondary N) is 1. The second kappa shape index (κ2) is 5.75. The number of nitrogens with two attached hydrogens (primary N) is 1. The molecule has 0 aromatic heterocycles. The van der Waals surface area contributed by atoms with E-state index in [0.29, 0.717) is 13.0 Å². The Morgan fingerprint density at radius 1 is 1.32 bits per heavy atom. The number of amides is 2. The van der Waals surface area contributed by atoms with Gasteiger partial charge in [0, 0.05) is 19.4 Å². The molecule has 0 radical (unpaired) electrons. The van der Waals surface area contributed by atoms with Crippen LogP contribution in [-0.4, -0.2) is 17.6 Å². The van der Waals surface area contributed by atoms with Crippen molar-refractivity contribution in [2.24, 2.45) is 11.7 Å². The Morgan fingerprint density at radius 3 is 2.74 bits per heavy atom. The fourth-order valence-corrected chi connectivity index (χ4v) is 2.19. The van der Waals surface area contributed by atoms with Crippen molar-refractivity contribution in [2.75, 3.05) is 0 Å². The Labute approximate surface area is 111 Å². The van der Waals surface area contributed by atoms with Crippen LogP contribution >= 0.6 is 0 Å². The highest BCUT2D eigenvalue weighted by atomic mass is 16.2. The minimum atomic E-state index is -0.709. The molecule has 3 N–H and O–H groups in total. The zero-order chi connectivity index (χ0) is 13.8. The minimum Gasteiger partial charge on any atom is -0.326 e. The average molecular weight is 260 g/mol. The molecule has 0 spiro atoms. The number of hydrogen-bond donors (Lipinski definition) is 2. The molecule has 1 heterocycles. The van der Waals surface area contributed by atoms with E-state index in [1.54, 1.807) is 0 Å². The van der Waals surface area contributed by atoms with Gasteiger partial charge in [-0.1, -0.05) is 24.3 Å². The summed E-state index contributed by atoms with van der Waals surface area (Å²) in [5.74, 6) is -1.64. The van der Waals surface area contributed by atoms with E-state index in [-0.39, 0.29) is 24.5 Å². The first-order valence-corrected chi connectivity index (χ1v) is 6.24. The molecule has 1 atom stereocenters. The minimum absolute atomic E-state index is 0.154. The van der Waals surface area contributed by atoms with Crippen LogP contribution in [0.5, 0.6) is 0 Å². The van der Waals surface area contributed by atoms with Crippen molar-refractivity contribution in [2.45, 2.75) is 25.8 Å². The van der Waals surface area contributed by atoms with Gasteiger partial charge in [-0.3, -0.25) is 19.7 Å². The predicted octanol–water partition coefficient (Wildman–Crippen LogP) is 0.310. The second-order valence-corrected chi connectivity index (χ2v) is 4.67. The van der Waals surface area contributed by atoms with E-state index >= 15 is 0 Å². The largest absolute Gasteiger partial charge is 0.326 e. The van der Waals surface area contributed by atoms with E-state index in [1.807, 2.05) is 24.3 Å². The first-order chi connectivity index (χ1) is 9.10. The van der Waals surface area contributed by atoms with Gasteiger partial charge in [-0.15, -0.1) is 0 Å². The normalized spacial score (nSPS) is 19.1. The molecule has 1 fully saturated rings. The third kappa shape index (κ3) is 3.26. The topological polar surface area (TPSA) is 89.3 Å². The van der Waals surface area contributed by atoms with Crippen LogP contribution in [-0.2, 0) is 27.3 Å². The number of benzene rings is 1. The third-order valence-electron chi connectivity index (χ3n) is 3.23. The van der Waals surface area contributed by atoms with E-state index in [9.17, 15) is 14.4 Å². The highest BCUT2D eigenvalue weighted by molar-refractivity contribution is 6.09. The van der Waals surface area contributed by atoms with Gasteiger partial charge in [0.25, 0.3) is 0 Å². The summed E-state index contributed by atoms with van der Waals surface area (Å²) in [4.78, 5) is 34.7. The lowest BCUT2D eigenvalue weighted by Gasteiger charge is -2.19. The third-order valence-corrected chi connectivity index (χ3v) is 3.23. The molecule has 1 aliphatic heterocycles. The van der Waals surface area contributed by atoms with Crippen LogP contribution in [0, 0.1) is 5.92 Å². The number of piperidine rings is 1. The maximum Gasteiger partial charge on any atom is 0.237 e. The molecule has 2 amide bonds. The standard InChI is InChI=1S/C14H16N2O3/c15-8-10-3-1-2-9(6-10)7-12(17)11-4-5-13(18)16-14(11)19/h1-3,6,11H,4-5,7-8,15H2,(H,16,18,19). The summed E-state index contributed by atoms with van der Waals surface area (Å²) in [5.41, 5.74) is 7.34. The lowest BCUT2D eigenvalue weighted by Crippen LogP contribution is -2.44. The van der Waals surface area contributed by atoms with E-state index in [4.69, 9.17) is 5.73 Å². The number of carbonyl (C=O) groups is 3. The van der Waals surface area contributed by atoms with Gasteiger partial charge in [0.1, 0.15) is 5.78 Å². The van der Waals surface area contributed by atoms with E-state index in [1.165, 1.54) is 0 Å². The number of imide groups is 1. The molecule has 5 nitrogen and oxygen atoms in total. The molecule has 0 bridgehead atoms. The first kappa shape index (κ1) is 13.4. The summed E-state index contributed by atoms with van der Waals surface area (Å²) in [5, 5.41) is 2.20. The predicted molar refractivity (Wildman–Crippen MR) is 68.9 cm³/mol. The average Bonchev–Trinajstić information content (AvgIpc) is 2.38. The van der Waals surface area contributed by atoms with E-state index < -0.39 is 11.8 Å². The highest BCUT2D eigenvalue weighted by Crippen LogP contribution is 2.16. The van der Waals surface area contributed by atoms with Crippen LogP contribution in [0.1, 0.15) is 24.0 Å². The van der Waals surface area contributed by atoms with Crippen molar-refractivity contribution in [3.8, 4) is 0 Å². The number of rotatable bonds is 4. The molecule has 5 heteroatoms. The number of hydrogen-bond acceptors (Lipinski definition) is 4. The van der Waals surface area contributed by atoms with Crippen LogP contribution in [0.2, 0.25) is 0 Å². The molecule has 1 aromatic rings. The van der Waals surface area contributed by atoms with Crippen molar-refractivity contribution < 1.29 is 14.4 Å². The zero-order valence-corrected chi connectivity index (χ0v) is 10.5. The van der Waals surface area contributed by atoms with Gasteiger partial charge in [-0.2, -0.15) is 0 Å². The number of Topliss-reactive ketones (excluding diaryl/α,β-unsaturated/α-hetero) is 1. The summed E-state index contributed by atoms with van der Waals surface area (Å²) >= 11 is 0. The molecule has 19 heavy (non-hydrogen) atoms. The number of carbonyl (C=O) groups excluding carboxylic acids is 3. The van der Waals surface area contributed by atoms with Gasteiger partial charge in [0.05, 0.1) is 5.92 Å². The van der Waals surface area contributed by atoms with Gasteiger partial charge in [-0.05, 0) is 17.5 Å². The summed E-state index contributed by atoms with van der Waals surface area (Å²) < 4.78 is 0. The Hall–Kier alpha value is -2.01. The summed E-state index contributed by atoms with van der Waals surface area (Å²) in [6, 6.07) is 7.43. The zero-order valence-electron chi connectivity index (χ0n) is 10.5. The van der Waals surface area contributed by atoms with Crippen LogP contribution < -0.4 is 11.1 Å². The molecule has 0 aliphatic carbocycles. The van der Waals surface area contributed by atoms with Gasteiger partial charge >= 0.3 is 0 Å². The van der Waals surface area contributed by atoms with Crippen LogP contribution in [0.3, 0.4) is 0 Å². The molecule has 0 saturated carbocycles. The second-order valence-electron chi connectivity index (χ2n) is 4.67. The maximum atomic E-state index is 12.1. The van der Waals surface area contributed by atoms with Crippen LogP contribution in [0.15, 0.2) is 24.3 Å². The van der Waals surface area contributed by atoms with Crippen molar-refractivity contribution in [3.05, 3.63) is 35.4 Å². The van der Waals surface area contributed by atoms with Crippen molar-refractivity contribution in [1.29, 1.82) is 0 Å². The van der Waals surface area contributed by atoms with Crippen LogP contribution in [0.4, 0.5) is 0 Å². The SMILES string of the molecule is NCc1cccc(CC(=O)C2CCC(=O)NC2=O)c1. The molecule has 100 valence electrons. The van der Waals surface area contributed by atoms with Gasteiger partial charge < -0.3 is 5.73 Å². The maximum absolute atomic E-state index is 12.1. The van der Waals surface area contributed by atoms with Gasteiger partial charge in [-0.25, -0.2) is 0 Å². The quantitative estimate of drug-likeness (QED) is 0.602. The molecule has 1 unspecified atom stereocenters. The summed E-state index contributed by atoms with van der Waals surface area (Å²) in [7, 11) is 0. The van der Waals surface area contributed by atoms with E-state index in [0.717, 1.165) is 11.1 Å². The van der Waals surface area contributed by atoms with Crippen molar-refractivity contribution >= 4 is 17.6 Å². The lowest BCUT2D eigenvalue weighted by molar-refractivity contribution is -0.140. The number of ketones is 1. The van der Waals surface area contributed by atoms with Crippen molar-refractivity contribution in [3.63, 3.8) is 0 Å². The highest BCUT2D eigenvalue weighted by Gasteiger charge is 2.31. The van der Waals surface area contributed by atoms with Gasteiger partial charge in [0.2, 0.25) is 11.8 Å². The Morgan fingerprint density at radius 2 is 2.05 bits per heavy atom. The summed E-state index contributed by atoms with van der Waals surface area (Å²) in [6.45, 7) is 0.417. The van der Waals surface area contributed by atoms with E-state index in [2.05, 4.69) is 5.32 Å². The van der Waals surface area contributed by atoms with Crippen LogP contribution in [0.25, 0.3) is 0 Å². The monoisotopic (exact) mass is 260 g/mol. The fourth-order valence-electron chi connectivity index (χ4n) is 2.19. The molecular formula is C14H16N2O3. The Balaban J connectivity index is 2.04. The molecule has 1 aromatic carbocycles.